The van der Waals surface area contributed by atoms with E-state index in [9.17, 15) is 0 Å². The Kier molecular flexibility index (Phi) is 4.19. The normalized spacial score (nSPS) is 25.5. The Bertz CT molecular complexity index is 152. The van der Waals surface area contributed by atoms with Crippen LogP contribution >= 0.6 is 15.9 Å². The fraction of sp³-hybridized carbons (Fsp3) is 0.778. The molecular weight excluding hydrogens is 267 g/mol. The fourth-order valence-corrected chi connectivity index (χ4v) is 4.43. The molecule has 0 amide bonds. The van der Waals surface area contributed by atoms with Crippen LogP contribution in [0.4, 0.5) is 0 Å². The quantitative estimate of drug-likeness (QED) is 0.538. The van der Waals surface area contributed by atoms with Crippen molar-refractivity contribution in [3.63, 3.8) is 0 Å². The average molecular weight is 282 g/mol. The zero-order chi connectivity index (χ0) is 8.27. The summed E-state index contributed by atoms with van der Waals surface area (Å²) in [7, 11) is 0. The van der Waals surface area contributed by atoms with Crippen LogP contribution in [0.2, 0.25) is 4.82 Å². The number of rotatable bonds is 2. The molecule has 1 aliphatic carbocycles. The van der Waals surface area contributed by atoms with Gasteiger partial charge in [0.25, 0.3) is 0 Å². The van der Waals surface area contributed by atoms with Crippen LogP contribution in [0.25, 0.3) is 0 Å². The maximum absolute atomic E-state index is 3.73. The van der Waals surface area contributed by atoms with E-state index in [0.29, 0.717) is 4.83 Å². The summed E-state index contributed by atoms with van der Waals surface area (Å²) in [6.45, 7) is 4.63. The molecule has 1 atom stereocenters. The molecule has 1 rings (SSSR count). The zero-order valence-corrected chi connectivity index (χ0v) is 10.4. The molecule has 2 heteroatoms. The Hall–Kier alpha value is 0.739. The summed E-state index contributed by atoms with van der Waals surface area (Å²) in [4.78, 5) is 1.57. The standard InChI is InChI=1S/C9H15BrSe/c1-7(2)11-9-6-4-3-5-8(9)10/h6-8H,3-5H2,1-2H3. The molecule has 0 aromatic heterocycles. The zero-order valence-electron chi connectivity index (χ0n) is 7.14. The summed E-state index contributed by atoms with van der Waals surface area (Å²) in [5.41, 5.74) is 0. The van der Waals surface area contributed by atoms with Crippen LogP contribution in [0.15, 0.2) is 10.5 Å². The van der Waals surface area contributed by atoms with Crippen LogP contribution in [0.1, 0.15) is 33.1 Å². The Morgan fingerprint density at radius 2 is 2.36 bits per heavy atom. The Morgan fingerprint density at radius 1 is 1.64 bits per heavy atom. The van der Waals surface area contributed by atoms with Crippen LogP contribution in [0.5, 0.6) is 0 Å². The van der Waals surface area contributed by atoms with Crippen molar-refractivity contribution in [3.05, 3.63) is 10.5 Å². The van der Waals surface area contributed by atoms with Gasteiger partial charge in [0.05, 0.1) is 0 Å². The van der Waals surface area contributed by atoms with Crippen LogP contribution in [-0.4, -0.2) is 19.8 Å². The van der Waals surface area contributed by atoms with E-state index in [0.717, 1.165) is 19.8 Å². The van der Waals surface area contributed by atoms with E-state index < -0.39 is 0 Å². The SMILES string of the molecule is CC(C)[Se]C1=CCCCC1Br. The Labute approximate surface area is 84.1 Å². The molecule has 0 heterocycles. The summed E-state index contributed by atoms with van der Waals surface area (Å²) in [6, 6.07) is 0. The van der Waals surface area contributed by atoms with Crippen molar-refractivity contribution in [3.8, 4) is 0 Å². The van der Waals surface area contributed by atoms with Crippen LogP contribution < -0.4 is 0 Å². The molecule has 11 heavy (non-hydrogen) atoms. The first-order valence-corrected chi connectivity index (χ1v) is 6.97. The average Bonchev–Trinajstić information content (AvgIpc) is 1.93. The van der Waals surface area contributed by atoms with E-state index >= 15 is 0 Å². The Morgan fingerprint density at radius 3 is 2.91 bits per heavy atom. The molecule has 0 N–H and O–H groups in total. The van der Waals surface area contributed by atoms with Gasteiger partial charge in [-0.1, -0.05) is 0 Å². The number of hydrogen-bond donors (Lipinski definition) is 0. The second kappa shape index (κ2) is 4.69. The predicted octanol–water partition coefficient (Wildman–Crippen LogP) is 3.35. The van der Waals surface area contributed by atoms with E-state index in [2.05, 4.69) is 35.9 Å². The van der Waals surface area contributed by atoms with Gasteiger partial charge in [-0.25, -0.2) is 0 Å². The van der Waals surface area contributed by atoms with Gasteiger partial charge in [0, 0.05) is 0 Å². The van der Waals surface area contributed by atoms with Crippen LogP contribution in [-0.2, 0) is 0 Å². The van der Waals surface area contributed by atoms with Gasteiger partial charge < -0.3 is 0 Å². The van der Waals surface area contributed by atoms with Crippen molar-refractivity contribution in [2.24, 2.45) is 0 Å². The first kappa shape index (κ1) is 9.82. The van der Waals surface area contributed by atoms with Gasteiger partial charge >= 0.3 is 84.2 Å². The summed E-state index contributed by atoms with van der Waals surface area (Å²) in [6.07, 6.45) is 6.47. The Balaban J connectivity index is 2.47. The van der Waals surface area contributed by atoms with Gasteiger partial charge in [0.2, 0.25) is 0 Å². The molecule has 0 spiro atoms. The molecule has 64 valence electrons. The summed E-state index contributed by atoms with van der Waals surface area (Å²) in [5.74, 6) is 0. The van der Waals surface area contributed by atoms with Crippen molar-refractivity contribution in [2.45, 2.75) is 42.8 Å². The third-order valence-electron chi connectivity index (χ3n) is 1.69. The van der Waals surface area contributed by atoms with Crippen molar-refractivity contribution in [2.75, 3.05) is 0 Å². The molecule has 0 radical (unpaired) electrons. The molecule has 1 unspecified atom stereocenters. The monoisotopic (exact) mass is 282 g/mol. The maximum atomic E-state index is 3.73. The molecule has 1 aliphatic rings. The van der Waals surface area contributed by atoms with Crippen molar-refractivity contribution in [1.82, 2.24) is 0 Å². The first-order valence-electron chi connectivity index (χ1n) is 4.21. The van der Waals surface area contributed by atoms with Gasteiger partial charge in [0.15, 0.2) is 0 Å². The molecule has 0 aromatic rings. The van der Waals surface area contributed by atoms with Crippen LogP contribution in [0.3, 0.4) is 0 Å². The summed E-state index contributed by atoms with van der Waals surface area (Å²) < 4.78 is 1.69. The number of allylic oxidation sites excluding steroid dienone is 2. The molecular formula is C9H15BrSe. The topological polar surface area (TPSA) is 0 Å². The molecule has 0 saturated heterocycles. The fourth-order valence-electron chi connectivity index (χ4n) is 1.21. The van der Waals surface area contributed by atoms with E-state index in [1.807, 2.05) is 0 Å². The van der Waals surface area contributed by atoms with E-state index in [1.54, 1.807) is 4.47 Å². The third kappa shape index (κ3) is 3.31. The van der Waals surface area contributed by atoms with E-state index in [1.165, 1.54) is 19.3 Å². The number of alkyl halides is 1. The van der Waals surface area contributed by atoms with Crippen LogP contribution in [0, 0.1) is 0 Å². The van der Waals surface area contributed by atoms with Gasteiger partial charge in [-0.3, -0.25) is 0 Å². The van der Waals surface area contributed by atoms with Crippen molar-refractivity contribution < 1.29 is 0 Å². The molecule has 0 bridgehead atoms. The van der Waals surface area contributed by atoms with Gasteiger partial charge in [-0.05, 0) is 0 Å². The van der Waals surface area contributed by atoms with E-state index in [4.69, 9.17) is 0 Å². The molecule has 0 saturated carbocycles. The summed E-state index contributed by atoms with van der Waals surface area (Å²) in [5, 5.41) is 0. The molecule has 0 nitrogen and oxygen atoms in total. The number of hydrogen-bond acceptors (Lipinski definition) is 0. The molecule has 0 aromatic carbocycles. The van der Waals surface area contributed by atoms with Gasteiger partial charge in [-0.2, -0.15) is 0 Å². The molecule has 0 fully saturated rings. The first-order chi connectivity index (χ1) is 5.20. The summed E-state index contributed by atoms with van der Waals surface area (Å²) >= 11 is 4.46. The third-order valence-corrected chi connectivity index (χ3v) is 5.83. The van der Waals surface area contributed by atoms with Gasteiger partial charge in [0.1, 0.15) is 0 Å². The second-order valence-electron chi connectivity index (χ2n) is 3.17. The number of halogens is 1. The minimum atomic E-state index is 0.707. The minimum absolute atomic E-state index is 0.707. The van der Waals surface area contributed by atoms with Crippen molar-refractivity contribution in [1.29, 1.82) is 0 Å². The molecule has 0 aliphatic heterocycles. The van der Waals surface area contributed by atoms with Gasteiger partial charge in [-0.15, -0.1) is 0 Å². The predicted molar refractivity (Wildman–Crippen MR) is 55.5 cm³/mol. The second-order valence-corrected chi connectivity index (χ2v) is 7.74. The van der Waals surface area contributed by atoms with Crippen molar-refractivity contribution >= 4 is 30.9 Å². The van der Waals surface area contributed by atoms with E-state index in [-0.39, 0.29) is 0 Å².